The van der Waals surface area contributed by atoms with Crippen LogP contribution in [-0.2, 0) is 37.1 Å². The van der Waals surface area contributed by atoms with Gasteiger partial charge in [0.1, 0.15) is 23.3 Å². The number of ether oxygens (including phenoxy) is 1. The number of H-pyrrole nitrogens is 1. The van der Waals surface area contributed by atoms with E-state index in [2.05, 4.69) is 41.5 Å². The quantitative estimate of drug-likeness (QED) is 0.0287. The van der Waals surface area contributed by atoms with Crippen LogP contribution in [0.1, 0.15) is 89.2 Å². The molecule has 73 heavy (non-hydrogen) atoms. The lowest BCUT2D eigenvalue weighted by molar-refractivity contribution is -0.137. The summed E-state index contributed by atoms with van der Waals surface area (Å²) in [7, 11) is 0. The van der Waals surface area contributed by atoms with Gasteiger partial charge in [-0.1, -0.05) is 44.5 Å². The number of carbonyl (C=O) groups excluding carboxylic acids is 6. The Morgan fingerprint density at radius 2 is 1.63 bits per heavy atom. The van der Waals surface area contributed by atoms with E-state index in [1.54, 1.807) is 50.4 Å². The highest BCUT2D eigenvalue weighted by Gasteiger charge is 2.30. The second kappa shape index (κ2) is 24.8. The molecule has 10 N–H and O–H groups in total. The summed E-state index contributed by atoms with van der Waals surface area (Å²) in [5.74, 6) is -1.67. The number of anilines is 3. The molecule has 2 atom stereocenters. The summed E-state index contributed by atoms with van der Waals surface area (Å²) in [5, 5.41) is 35.2. The number of primary amides is 1. The van der Waals surface area contributed by atoms with E-state index in [4.69, 9.17) is 15.5 Å². The molecule has 1 saturated carbocycles. The monoisotopic (exact) mass is 1000 g/mol. The van der Waals surface area contributed by atoms with E-state index >= 15 is 0 Å². The van der Waals surface area contributed by atoms with Gasteiger partial charge in [-0.2, -0.15) is 0 Å². The number of carbonyl (C=O) groups is 7. The van der Waals surface area contributed by atoms with E-state index in [1.165, 1.54) is 23.4 Å². The Kier molecular flexibility index (Phi) is 17.9. The highest BCUT2D eigenvalue weighted by atomic mass is 16.5. The number of benzene rings is 3. The minimum absolute atomic E-state index is 0.0180. The Balaban J connectivity index is 0.964. The zero-order valence-corrected chi connectivity index (χ0v) is 40.8. The average Bonchev–Trinajstić information content (AvgIpc) is 3.97. The minimum Gasteiger partial charge on any atom is -0.488 e. The molecule has 0 saturated heterocycles. The first-order valence-electron chi connectivity index (χ1n) is 24.5. The summed E-state index contributed by atoms with van der Waals surface area (Å²) in [5.41, 5.74) is 9.28. The number of hydrogen-bond acceptors (Lipinski definition) is 13. The van der Waals surface area contributed by atoms with E-state index in [0.717, 1.165) is 23.1 Å². The topological polar surface area (TPSA) is 316 Å². The summed E-state index contributed by atoms with van der Waals surface area (Å²) in [6, 6.07) is 13.1. The first-order chi connectivity index (χ1) is 35.1. The van der Waals surface area contributed by atoms with E-state index in [1.807, 2.05) is 24.3 Å². The Labute approximate surface area is 420 Å². The summed E-state index contributed by atoms with van der Waals surface area (Å²) in [6.45, 7) is 3.85. The van der Waals surface area contributed by atoms with E-state index in [9.17, 15) is 43.8 Å². The van der Waals surface area contributed by atoms with Gasteiger partial charge in [0.05, 0.1) is 36.1 Å². The lowest BCUT2D eigenvalue weighted by Gasteiger charge is -2.26. The smallest absolute Gasteiger partial charge is 0.407 e. The maximum absolute atomic E-state index is 13.8. The van der Waals surface area contributed by atoms with Gasteiger partial charge in [0.2, 0.25) is 23.7 Å². The number of fused-ring (bicyclic) bond motifs is 2. The Morgan fingerprint density at radius 3 is 2.34 bits per heavy atom. The van der Waals surface area contributed by atoms with Crippen LogP contribution >= 0.6 is 0 Å². The normalized spacial score (nSPS) is 16.3. The number of nitrogens with one attached hydrogen (secondary N) is 6. The van der Waals surface area contributed by atoms with Gasteiger partial charge in [-0.05, 0) is 93.2 Å². The predicted molar refractivity (Wildman–Crippen MR) is 270 cm³/mol. The van der Waals surface area contributed by atoms with Gasteiger partial charge in [-0.25, -0.2) is 24.5 Å². The molecule has 1 aliphatic carbocycles. The number of aromatic amines is 1. The number of imide groups is 1. The molecule has 1 fully saturated rings. The molecular weight excluding hydrogens is 941 g/mol. The number of imidazole rings is 1. The molecule has 2 unspecified atom stereocenters. The van der Waals surface area contributed by atoms with Crippen molar-refractivity contribution in [1.82, 2.24) is 45.7 Å². The van der Waals surface area contributed by atoms with Crippen LogP contribution in [0.5, 0.6) is 5.75 Å². The third-order valence-corrected chi connectivity index (χ3v) is 12.7. The van der Waals surface area contributed by atoms with Gasteiger partial charge in [-0.15, -0.1) is 0 Å². The second-order valence-corrected chi connectivity index (χ2v) is 18.6. The van der Waals surface area contributed by atoms with Crippen LogP contribution < -0.4 is 37.1 Å². The number of amides is 8. The number of unbranched alkanes of at least 4 members (excludes halogenated alkanes) is 2. The number of rotatable bonds is 24. The predicted octanol–water partition coefficient (Wildman–Crippen LogP) is 5.11. The molecule has 2 aromatic heterocycles. The maximum Gasteiger partial charge on any atom is 0.407 e. The number of aliphatic hydroxyl groups is 1. The van der Waals surface area contributed by atoms with Crippen molar-refractivity contribution >= 4 is 80.9 Å². The molecular formula is C51H62N12O10. The molecule has 2 aliphatic rings. The highest BCUT2D eigenvalue weighted by Crippen LogP contribution is 2.31. The van der Waals surface area contributed by atoms with Crippen molar-refractivity contribution in [3.05, 3.63) is 90.4 Å². The average molecular weight is 1000 g/mol. The number of hydrogen-bond donors (Lipinski definition) is 9. The third-order valence-electron chi connectivity index (χ3n) is 12.7. The fourth-order valence-corrected chi connectivity index (χ4v) is 8.72. The SMILES string of the molecule is CC(C)C(NC(=O)CCCCCN1C(=O)C=CC1=O)C(=O)NC(CCCNC(N)=O)C(=O)Nc1ccc(CN(Cc2cc(Nc3ncc4cccc(OC5CCC(O)CC5)c4n3)cc3[nH]cnc23)C(=O)O)cc1. The summed E-state index contributed by atoms with van der Waals surface area (Å²) in [6.07, 6.45) is 9.05. The van der Waals surface area contributed by atoms with Gasteiger partial charge >= 0.3 is 12.1 Å². The van der Waals surface area contributed by atoms with E-state index < -0.39 is 36.0 Å². The van der Waals surface area contributed by atoms with Crippen molar-refractivity contribution in [1.29, 1.82) is 0 Å². The highest BCUT2D eigenvalue weighted by molar-refractivity contribution is 6.12. The van der Waals surface area contributed by atoms with Crippen molar-refractivity contribution in [2.45, 2.75) is 115 Å². The van der Waals surface area contributed by atoms with Crippen LogP contribution in [0.4, 0.5) is 26.9 Å². The van der Waals surface area contributed by atoms with Gasteiger partial charge in [0.15, 0.2) is 0 Å². The van der Waals surface area contributed by atoms with E-state index in [0.29, 0.717) is 82.9 Å². The van der Waals surface area contributed by atoms with Crippen LogP contribution in [0.15, 0.2) is 79.3 Å². The van der Waals surface area contributed by atoms with Crippen molar-refractivity contribution in [2.75, 3.05) is 23.7 Å². The van der Waals surface area contributed by atoms with Crippen molar-refractivity contribution in [3.63, 3.8) is 0 Å². The molecule has 0 radical (unpaired) electrons. The number of para-hydroxylation sites is 1. The minimum atomic E-state index is -1.18. The van der Waals surface area contributed by atoms with Gasteiger partial charge in [0.25, 0.3) is 11.8 Å². The fourth-order valence-electron chi connectivity index (χ4n) is 8.72. The van der Waals surface area contributed by atoms with Crippen LogP contribution in [0.2, 0.25) is 0 Å². The molecule has 3 heterocycles. The largest absolute Gasteiger partial charge is 0.488 e. The number of nitrogens with two attached hydrogens (primary N) is 1. The molecule has 1 aliphatic heterocycles. The van der Waals surface area contributed by atoms with Crippen molar-refractivity contribution in [2.24, 2.45) is 11.7 Å². The zero-order valence-electron chi connectivity index (χ0n) is 40.8. The molecule has 0 spiro atoms. The maximum atomic E-state index is 13.8. The number of urea groups is 1. The first kappa shape index (κ1) is 52.7. The van der Waals surface area contributed by atoms with Crippen LogP contribution in [-0.4, -0.2) is 119 Å². The molecule has 7 rings (SSSR count). The second-order valence-electron chi connectivity index (χ2n) is 18.6. The summed E-state index contributed by atoms with van der Waals surface area (Å²) in [4.78, 5) is 107. The Morgan fingerprint density at radius 1 is 0.877 bits per heavy atom. The first-order valence-corrected chi connectivity index (χ1v) is 24.5. The molecule has 8 amide bonds. The Bertz CT molecular complexity index is 2810. The molecule has 5 aromatic rings. The third kappa shape index (κ3) is 14.7. The zero-order chi connectivity index (χ0) is 52.0. The fraction of sp³-hybridized carbons (Fsp3) is 0.412. The van der Waals surface area contributed by atoms with Crippen molar-refractivity contribution < 1.29 is 48.5 Å². The van der Waals surface area contributed by atoms with Crippen LogP contribution in [0.3, 0.4) is 0 Å². The number of carboxylic acid groups (broad SMARTS) is 1. The van der Waals surface area contributed by atoms with Gasteiger partial charge < -0.3 is 52.3 Å². The molecule has 386 valence electrons. The summed E-state index contributed by atoms with van der Waals surface area (Å²) < 4.78 is 6.35. The number of aliphatic hydroxyl groups excluding tert-OH is 1. The van der Waals surface area contributed by atoms with E-state index in [-0.39, 0.29) is 81.3 Å². The lowest BCUT2D eigenvalue weighted by atomic mass is 9.95. The number of nitrogens with zero attached hydrogens (tertiary/aromatic N) is 5. The van der Waals surface area contributed by atoms with Crippen LogP contribution in [0, 0.1) is 5.92 Å². The van der Waals surface area contributed by atoms with Crippen molar-refractivity contribution in [3.8, 4) is 5.75 Å². The molecule has 3 aromatic carbocycles. The Hall–Kier alpha value is -8.14. The van der Waals surface area contributed by atoms with Gasteiger partial charge in [0, 0.05) is 66.7 Å². The van der Waals surface area contributed by atoms with Crippen LogP contribution in [0.25, 0.3) is 21.9 Å². The standard InChI is InChI=1S/C51H62N12O10/c1-30(2)44(60-41(65)11-4-3-5-23-63-42(66)20-21-43(63)67)48(69)59-38(9-7-22-53-49(52)70)47(68)57-34-14-12-31(13-15-34)27-62(51(71)72)28-33-24-35(25-39-45(33)56-29-55-39)58-50-54-26-32-8-6-10-40(46(32)61-50)73-37-18-16-36(64)17-19-37/h6,8,10,12-15,20-21,24-26,29-30,36-38,44,64H,3-5,7,9,11,16-19,22-23,27-28H2,1-2H3,(H,55,56)(H,57,68)(H,59,69)(H,60,65)(H,71,72)(H3,52,53,70)(H,54,58,61). The molecule has 0 bridgehead atoms. The summed E-state index contributed by atoms with van der Waals surface area (Å²) >= 11 is 0. The molecule has 22 heteroatoms. The number of aromatic nitrogens is 4. The molecule has 22 nitrogen and oxygen atoms in total. The lowest BCUT2D eigenvalue weighted by Crippen LogP contribution is -2.54. The van der Waals surface area contributed by atoms with Gasteiger partial charge in [-0.3, -0.25) is 33.8 Å².